The van der Waals surface area contributed by atoms with Gasteiger partial charge >= 0.3 is 0 Å². The number of benzene rings is 1. The Hall–Kier alpha value is -1.52. The van der Waals surface area contributed by atoms with Gasteiger partial charge in [0.15, 0.2) is 9.84 Å². The molecule has 1 aromatic rings. The third kappa shape index (κ3) is 5.51. The van der Waals surface area contributed by atoms with Crippen molar-refractivity contribution in [2.75, 3.05) is 18.1 Å². The molecule has 0 bridgehead atoms. The van der Waals surface area contributed by atoms with Gasteiger partial charge in [-0.25, -0.2) is 25.9 Å². The van der Waals surface area contributed by atoms with Crippen molar-refractivity contribution in [3.63, 3.8) is 0 Å². The molecule has 0 radical (unpaired) electrons. The van der Waals surface area contributed by atoms with Crippen LogP contribution in [0.2, 0.25) is 0 Å². The molecule has 1 fully saturated rings. The molecule has 10 heteroatoms. The van der Waals surface area contributed by atoms with Crippen molar-refractivity contribution in [2.45, 2.75) is 57.0 Å². The Morgan fingerprint density at radius 2 is 2.04 bits per heavy atom. The summed E-state index contributed by atoms with van der Waals surface area (Å²) in [4.78, 5) is 14.2. The number of hydrogen-bond donors (Lipinski definition) is 1. The van der Waals surface area contributed by atoms with E-state index in [9.17, 15) is 26.0 Å². The highest BCUT2D eigenvalue weighted by molar-refractivity contribution is 7.91. The van der Waals surface area contributed by atoms with Gasteiger partial charge in [-0.05, 0) is 44.9 Å². The maximum Gasteiger partial charge on any atom is 0.257 e. The zero-order valence-corrected chi connectivity index (χ0v) is 17.9. The molecule has 1 heterocycles. The molecule has 1 aliphatic heterocycles. The molecule has 28 heavy (non-hydrogen) atoms. The van der Waals surface area contributed by atoms with Gasteiger partial charge in [-0.3, -0.25) is 4.79 Å². The number of sulfone groups is 1. The van der Waals surface area contributed by atoms with E-state index in [4.69, 9.17) is 0 Å². The predicted molar refractivity (Wildman–Crippen MR) is 105 cm³/mol. The van der Waals surface area contributed by atoms with E-state index < -0.39 is 37.6 Å². The lowest BCUT2D eigenvalue weighted by atomic mass is 10.1. The number of amides is 1. The molecule has 1 saturated heterocycles. The first kappa shape index (κ1) is 22.8. The molecule has 1 amide bonds. The van der Waals surface area contributed by atoms with Crippen LogP contribution in [0.15, 0.2) is 23.1 Å². The molecule has 1 aromatic carbocycles. The Labute approximate surface area is 166 Å². The molecule has 0 aliphatic carbocycles. The summed E-state index contributed by atoms with van der Waals surface area (Å²) < 4.78 is 65.2. The molecule has 1 unspecified atom stereocenters. The Kier molecular flexibility index (Phi) is 7.22. The lowest BCUT2D eigenvalue weighted by Crippen LogP contribution is -2.42. The third-order valence-corrected chi connectivity index (χ3v) is 7.94. The summed E-state index contributed by atoms with van der Waals surface area (Å²) in [6.07, 6.45) is 1.71. The van der Waals surface area contributed by atoms with Gasteiger partial charge in [-0.1, -0.05) is 13.3 Å². The number of rotatable bonds is 8. The van der Waals surface area contributed by atoms with Gasteiger partial charge in [0.2, 0.25) is 10.0 Å². The molecule has 0 saturated carbocycles. The number of hydrogen-bond acceptors (Lipinski definition) is 5. The zero-order chi connectivity index (χ0) is 21.1. The van der Waals surface area contributed by atoms with E-state index in [0.717, 1.165) is 24.6 Å². The number of halogens is 1. The van der Waals surface area contributed by atoms with Crippen LogP contribution in [0.25, 0.3) is 0 Å². The van der Waals surface area contributed by atoms with E-state index in [1.54, 1.807) is 13.8 Å². The van der Waals surface area contributed by atoms with Crippen LogP contribution in [0.1, 0.15) is 50.4 Å². The quantitative estimate of drug-likeness (QED) is 0.674. The summed E-state index contributed by atoms with van der Waals surface area (Å²) in [7, 11) is -7.13. The Bertz CT molecular complexity index is 929. The summed E-state index contributed by atoms with van der Waals surface area (Å²) in [6.45, 7) is 5.52. The Morgan fingerprint density at radius 1 is 1.36 bits per heavy atom. The Morgan fingerprint density at radius 3 is 2.57 bits per heavy atom. The smallest absolute Gasteiger partial charge is 0.257 e. The summed E-state index contributed by atoms with van der Waals surface area (Å²) >= 11 is 0. The van der Waals surface area contributed by atoms with Crippen LogP contribution < -0.4 is 4.72 Å². The van der Waals surface area contributed by atoms with Crippen molar-refractivity contribution < 1.29 is 26.0 Å². The maximum atomic E-state index is 14.4. The summed E-state index contributed by atoms with van der Waals surface area (Å²) in [6, 6.07) is 2.18. The summed E-state index contributed by atoms with van der Waals surface area (Å²) in [5, 5.41) is 0. The standard InChI is InChI=1S/C18H27FN2O5S2/c1-4-5-9-21(14-8-10-27(23,24)12-14)18(22)16-11-15(6-7-17(16)19)28(25,26)20-13(2)3/h6-7,11,13-14,20H,4-5,8-10,12H2,1-3H3. The fourth-order valence-corrected chi connectivity index (χ4v) is 6.18. The SMILES string of the molecule is CCCCN(C(=O)c1cc(S(=O)(=O)NC(C)C)ccc1F)C1CCS(=O)(=O)C1. The average Bonchev–Trinajstić information content (AvgIpc) is 2.93. The zero-order valence-electron chi connectivity index (χ0n) is 16.3. The molecule has 1 aliphatic rings. The molecular formula is C18H27FN2O5S2. The number of unbranched alkanes of at least 4 members (excludes halogenated alkanes) is 1. The Balaban J connectivity index is 2.39. The summed E-state index contributed by atoms with van der Waals surface area (Å²) in [5.74, 6) is -1.69. The van der Waals surface area contributed by atoms with Gasteiger partial charge in [-0.2, -0.15) is 0 Å². The van der Waals surface area contributed by atoms with Crippen LogP contribution >= 0.6 is 0 Å². The highest BCUT2D eigenvalue weighted by Crippen LogP contribution is 2.23. The van der Waals surface area contributed by atoms with Crippen LogP contribution in [-0.2, 0) is 19.9 Å². The van der Waals surface area contributed by atoms with Gasteiger partial charge < -0.3 is 4.90 Å². The molecule has 1 atom stereocenters. The van der Waals surface area contributed by atoms with E-state index in [1.807, 2.05) is 6.92 Å². The van der Waals surface area contributed by atoms with Crippen molar-refractivity contribution in [3.05, 3.63) is 29.6 Å². The number of nitrogens with zero attached hydrogens (tertiary/aromatic N) is 1. The minimum Gasteiger partial charge on any atom is -0.335 e. The maximum absolute atomic E-state index is 14.4. The summed E-state index contributed by atoms with van der Waals surface area (Å²) in [5.41, 5.74) is -0.368. The minimum atomic E-state index is -3.90. The number of nitrogens with one attached hydrogen (secondary N) is 1. The first-order valence-corrected chi connectivity index (χ1v) is 12.6. The molecule has 2 rings (SSSR count). The monoisotopic (exact) mass is 434 g/mol. The minimum absolute atomic E-state index is 0.0111. The fraction of sp³-hybridized carbons (Fsp3) is 0.611. The lowest BCUT2D eigenvalue weighted by Gasteiger charge is -2.28. The van der Waals surface area contributed by atoms with E-state index >= 15 is 0 Å². The lowest BCUT2D eigenvalue weighted by molar-refractivity contribution is 0.0689. The van der Waals surface area contributed by atoms with Gasteiger partial charge in [0, 0.05) is 18.6 Å². The van der Waals surface area contributed by atoms with Crippen molar-refractivity contribution in [3.8, 4) is 0 Å². The van der Waals surface area contributed by atoms with Crippen LogP contribution in [0, 0.1) is 5.82 Å². The topological polar surface area (TPSA) is 101 Å². The predicted octanol–water partition coefficient (Wildman–Crippen LogP) is 1.94. The van der Waals surface area contributed by atoms with Crippen LogP contribution in [0.5, 0.6) is 0 Å². The van der Waals surface area contributed by atoms with E-state index in [-0.39, 0.29) is 34.6 Å². The number of carbonyl (C=O) groups excluding carboxylic acids is 1. The molecule has 0 aromatic heterocycles. The van der Waals surface area contributed by atoms with Crippen molar-refractivity contribution in [2.24, 2.45) is 0 Å². The van der Waals surface area contributed by atoms with Gasteiger partial charge in [0.25, 0.3) is 5.91 Å². The second-order valence-corrected chi connectivity index (χ2v) is 11.3. The second-order valence-electron chi connectivity index (χ2n) is 7.33. The van der Waals surface area contributed by atoms with E-state index in [0.29, 0.717) is 12.8 Å². The van der Waals surface area contributed by atoms with Gasteiger partial charge in [0.1, 0.15) is 5.82 Å². The van der Waals surface area contributed by atoms with E-state index in [1.165, 1.54) is 4.90 Å². The van der Waals surface area contributed by atoms with Crippen LogP contribution in [-0.4, -0.2) is 57.8 Å². The van der Waals surface area contributed by atoms with Crippen molar-refractivity contribution in [1.29, 1.82) is 0 Å². The second kappa shape index (κ2) is 8.87. The number of carbonyl (C=O) groups is 1. The van der Waals surface area contributed by atoms with Crippen LogP contribution in [0.3, 0.4) is 0 Å². The van der Waals surface area contributed by atoms with Gasteiger partial charge in [0.05, 0.1) is 22.0 Å². The molecule has 0 spiro atoms. The molecular weight excluding hydrogens is 407 g/mol. The van der Waals surface area contributed by atoms with Gasteiger partial charge in [-0.15, -0.1) is 0 Å². The first-order chi connectivity index (χ1) is 13.0. The van der Waals surface area contributed by atoms with E-state index in [2.05, 4.69) is 4.72 Å². The third-order valence-electron chi connectivity index (χ3n) is 4.53. The number of sulfonamides is 1. The van der Waals surface area contributed by atoms with Crippen molar-refractivity contribution >= 4 is 25.8 Å². The first-order valence-electron chi connectivity index (χ1n) is 9.30. The molecule has 1 N–H and O–H groups in total. The van der Waals surface area contributed by atoms with Crippen molar-refractivity contribution in [1.82, 2.24) is 9.62 Å². The average molecular weight is 435 g/mol. The highest BCUT2D eigenvalue weighted by Gasteiger charge is 2.35. The van der Waals surface area contributed by atoms with Crippen LogP contribution in [0.4, 0.5) is 4.39 Å². The normalized spacial score (nSPS) is 19.1. The molecule has 158 valence electrons. The highest BCUT2D eigenvalue weighted by atomic mass is 32.2. The molecule has 7 nitrogen and oxygen atoms in total. The largest absolute Gasteiger partial charge is 0.335 e. The fourth-order valence-electron chi connectivity index (χ4n) is 3.17.